The molecule has 0 atom stereocenters. The van der Waals surface area contributed by atoms with E-state index in [1.54, 1.807) is 11.1 Å². The highest BCUT2D eigenvalue weighted by molar-refractivity contribution is 7.75. The van der Waals surface area contributed by atoms with E-state index in [1.165, 1.54) is 60.4 Å². The van der Waals surface area contributed by atoms with Gasteiger partial charge in [0, 0.05) is 14.5 Å². The average Bonchev–Trinajstić information content (AvgIpc) is 2.78. The first-order valence-electron chi connectivity index (χ1n) is 17.0. The highest BCUT2D eigenvalue weighted by Gasteiger charge is 2.40. The molecule has 0 nitrogen and oxygen atoms in total. The molecule has 0 N–H and O–H groups in total. The normalized spacial score (nSPS) is 12.5. The van der Waals surface area contributed by atoms with Crippen LogP contribution in [-0.4, -0.2) is 37.0 Å². The summed E-state index contributed by atoms with van der Waals surface area (Å²) in [6, 6.07) is 19.5. The van der Waals surface area contributed by atoms with E-state index in [9.17, 15) is 0 Å². The number of hydrogen-bond acceptors (Lipinski definition) is 0. The van der Waals surface area contributed by atoms with Crippen LogP contribution in [-0.2, 0) is 18.7 Å². The lowest BCUT2D eigenvalue weighted by Gasteiger charge is -2.32. The Hall–Kier alpha value is 0.260. The second kappa shape index (κ2) is 20.5. The number of rotatable bonds is 18. The molecule has 0 bridgehead atoms. The van der Waals surface area contributed by atoms with E-state index in [4.69, 9.17) is 0 Å². The quantitative estimate of drug-likeness (QED) is 0.158. The molecule has 0 unspecified atom stereocenters. The Morgan fingerprint density at radius 2 is 0.535 bits per heavy atom. The van der Waals surface area contributed by atoms with Gasteiger partial charge in [-0.3, -0.25) is 0 Å². The Balaban J connectivity index is 0.00000882. The van der Waals surface area contributed by atoms with Gasteiger partial charge in [-0.05, 0) is 64.2 Å². The lowest BCUT2D eigenvalue weighted by Crippen LogP contribution is -3.00. The molecule has 0 aliphatic carbocycles. The van der Waals surface area contributed by atoms with Gasteiger partial charge in [0.25, 0.3) is 0 Å². The molecule has 43 heavy (non-hydrogen) atoms. The first kappa shape index (κ1) is 43.3. The van der Waals surface area contributed by atoms with Crippen molar-refractivity contribution in [1.82, 2.24) is 0 Å². The van der Waals surface area contributed by atoms with Gasteiger partial charge in [-0.15, -0.1) is 0 Å². The fraction of sp³-hybridized carbons (Fsp3) is 0.692. The third-order valence-corrected chi connectivity index (χ3v) is 19.1. The zero-order chi connectivity index (χ0) is 30.8. The predicted molar refractivity (Wildman–Crippen MR) is 195 cm³/mol. The molecule has 0 aliphatic rings. The molecule has 248 valence electrons. The van der Waals surface area contributed by atoms with E-state index in [0.29, 0.717) is 0 Å². The number of benzene rings is 2. The van der Waals surface area contributed by atoms with E-state index in [-0.39, 0.29) is 34.0 Å². The van der Waals surface area contributed by atoms with Crippen molar-refractivity contribution in [2.24, 2.45) is 35.5 Å². The zero-order valence-electron chi connectivity index (χ0n) is 30.1. The molecule has 0 saturated heterocycles. The van der Waals surface area contributed by atoms with E-state index in [2.05, 4.69) is 132 Å². The molecular weight excluding hydrogens is 690 g/mol. The highest BCUT2D eigenvalue weighted by atomic mass is 79.9. The average molecular weight is 759 g/mol. The first-order valence-corrected chi connectivity index (χ1v) is 22.0. The third-order valence-electron chi connectivity index (χ3n) is 8.00. The lowest BCUT2D eigenvalue weighted by atomic mass is 10.0. The summed E-state index contributed by atoms with van der Waals surface area (Å²) in [6.45, 7) is 29.2. The Morgan fingerprint density at radius 1 is 0.349 bits per heavy atom. The maximum absolute atomic E-state index is 2.46. The van der Waals surface area contributed by atoms with E-state index in [1.807, 2.05) is 0 Å². The van der Waals surface area contributed by atoms with Crippen LogP contribution >= 0.6 is 14.5 Å². The zero-order valence-corrected chi connectivity index (χ0v) is 35.1. The largest absolute Gasteiger partial charge is 1.00 e. The monoisotopic (exact) mass is 756 g/mol. The lowest BCUT2D eigenvalue weighted by molar-refractivity contribution is -0.001000. The molecule has 0 amide bonds. The summed E-state index contributed by atoms with van der Waals surface area (Å²) >= 11 is 0. The van der Waals surface area contributed by atoms with Crippen LogP contribution in [0.4, 0.5) is 0 Å². The topological polar surface area (TPSA) is 0 Å². The minimum absolute atomic E-state index is 0. The van der Waals surface area contributed by atoms with Crippen molar-refractivity contribution in [3.8, 4) is 0 Å². The minimum atomic E-state index is -1.02. The molecule has 0 heterocycles. The molecule has 2 aromatic carbocycles. The minimum Gasteiger partial charge on any atom is -1.00 e. The van der Waals surface area contributed by atoms with Gasteiger partial charge in [-0.2, -0.15) is 0 Å². The second-order valence-electron chi connectivity index (χ2n) is 16.3. The van der Waals surface area contributed by atoms with Crippen molar-refractivity contribution in [3.05, 3.63) is 70.8 Å². The van der Waals surface area contributed by atoms with Gasteiger partial charge >= 0.3 is 0 Å². The smallest absolute Gasteiger partial charge is 0.0843 e. The molecule has 0 radical (unpaired) electrons. The Morgan fingerprint density at radius 3 is 0.721 bits per heavy atom. The van der Waals surface area contributed by atoms with Crippen LogP contribution in [0, 0.1) is 35.5 Å². The molecule has 2 aromatic rings. The van der Waals surface area contributed by atoms with E-state index in [0.717, 1.165) is 41.9 Å². The summed E-state index contributed by atoms with van der Waals surface area (Å²) in [6.07, 6.45) is 12.3. The van der Waals surface area contributed by atoms with E-state index >= 15 is 0 Å². The van der Waals surface area contributed by atoms with Crippen molar-refractivity contribution < 1.29 is 34.0 Å². The molecule has 0 spiro atoms. The summed E-state index contributed by atoms with van der Waals surface area (Å²) in [5.74, 6) is 4.73. The molecule has 0 aliphatic heterocycles. The molecule has 0 aromatic heterocycles. The van der Waals surface area contributed by atoms with Gasteiger partial charge in [-0.25, -0.2) is 0 Å². The molecular formula is C39H68Br2P2. The van der Waals surface area contributed by atoms with Crippen LogP contribution < -0.4 is 34.0 Å². The Labute approximate surface area is 292 Å². The second-order valence-corrected chi connectivity index (χ2v) is 24.5. The fourth-order valence-electron chi connectivity index (χ4n) is 8.02. The first-order chi connectivity index (χ1) is 19.1. The fourth-order valence-corrected chi connectivity index (χ4v) is 21.0. The SMILES string of the molecule is CC(C)C[P+](Cc1ccc(Cc2ccc(C[P+](CC(C)C)(CC(C)C)CC(C)C)cc2)cc1)(CC(C)C)CC(C)C.[Br-].[Br-]. The van der Waals surface area contributed by atoms with Crippen LogP contribution in [0.5, 0.6) is 0 Å². The highest BCUT2D eigenvalue weighted by Crippen LogP contribution is 2.65. The maximum Gasteiger partial charge on any atom is 0.0843 e. The van der Waals surface area contributed by atoms with Crippen molar-refractivity contribution >= 4 is 14.5 Å². The van der Waals surface area contributed by atoms with Crippen molar-refractivity contribution in [1.29, 1.82) is 0 Å². The van der Waals surface area contributed by atoms with Crippen molar-refractivity contribution in [2.45, 2.75) is 102 Å². The summed E-state index contributed by atoms with van der Waals surface area (Å²) in [4.78, 5) is 0. The van der Waals surface area contributed by atoms with Crippen LogP contribution in [0.25, 0.3) is 0 Å². The summed E-state index contributed by atoms with van der Waals surface area (Å²) in [7, 11) is -2.03. The van der Waals surface area contributed by atoms with Gasteiger partial charge in [0.05, 0.1) is 49.3 Å². The number of hydrogen-bond donors (Lipinski definition) is 0. The predicted octanol–water partition coefficient (Wildman–Crippen LogP) is 6.26. The Kier molecular flexibility index (Phi) is 20.6. The van der Waals surface area contributed by atoms with Gasteiger partial charge in [-0.1, -0.05) is 132 Å². The van der Waals surface area contributed by atoms with Crippen LogP contribution in [0.1, 0.15) is 105 Å². The standard InChI is InChI=1S/C39H68P2.2BrH/c1-30(2)22-40(23-31(3)4,24-32(5)6)28-38-17-13-36(14-18-38)21-37-15-19-39(20-16-37)29-41(25-33(7)8,26-34(9)10)27-35(11)12;;/h13-20,30-35H,21-29H2,1-12H3;2*1H/q+2;;/p-2. The van der Waals surface area contributed by atoms with Gasteiger partial charge in [0.1, 0.15) is 0 Å². The maximum atomic E-state index is 2.46. The van der Waals surface area contributed by atoms with Gasteiger partial charge in [0.2, 0.25) is 0 Å². The summed E-state index contributed by atoms with van der Waals surface area (Å²) < 4.78 is 0. The number of halogens is 2. The molecule has 4 heteroatoms. The van der Waals surface area contributed by atoms with Crippen molar-refractivity contribution in [3.63, 3.8) is 0 Å². The van der Waals surface area contributed by atoms with Gasteiger partial charge in [0.15, 0.2) is 0 Å². The van der Waals surface area contributed by atoms with Crippen molar-refractivity contribution in [2.75, 3.05) is 37.0 Å². The van der Waals surface area contributed by atoms with Crippen LogP contribution in [0.15, 0.2) is 48.5 Å². The molecule has 0 fully saturated rings. The summed E-state index contributed by atoms with van der Waals surface area (Å²) in [5.41, 5.74) is 6.03. The molecule has 2 rings (SSSR count). The van der Waals surface area contributed by atoms with E-state index < -0.39 is 14.5 Å². The Bertz CT molecular complexity index is 856. The summed E-state index contributed by atoms with van der Waals surface area (Å²) in [5, 5.41) is 0. The third kappa shape index (κ3) is 16.6. The van der Waals surface area contributed by atoms with Crippen LogP contribution in [0.2, 0.25) is 0 Å². The van der Waals surface area contributed by atoms with Crippen LogP contribution in [0.3, 0.4) is 0 Å². The molecule has 0 saturated carbocycles. The van der Waals surface area contributed by atoms with Gasteiger partial charge < -0.3 is 34.0 Å².